The molecule has 4 rings (SSSR count). The fourth-order valence-corrected chi connectivity index (χ4v) is 3.93. The molecule has 3 heterocycles. The van der Waals surface area contributed by atoms with Crippen molar-refractivity contribution in [1.29, 1.82) is 0 Å². The van der Waals surface area contributed by atoms with Gasteiger partial charge in [0.05, 0.1) is 30.4 Å². The van der Waals surface area contributed by atoms with E-state index in [0.29, 0.717) is 6.04 Å². The smallest absolute Gasteiger partial charge is 0.269 e. The van der Waals surface area contributed by atoms with Crippen LogP contribution in [0.15, 0.2) is 23.1 Å². The Morgan fingerprint density at radius 2 is 2.13 bits per heavy atom. The number of piperidine rings is 1. The average molecular weight is 314 g/mol. The van der Waals surface area contributed by atoms with Gasteiger partial charge in [0.15, 0.2) is 0 Å². The summed E-state index contributed by atoms with van der Waals surface area (Å²) in [6, 6.07) is 4.34. The molecule has 2 N–H and O–H groups in total. The number of hydrogen-bond donors (Lipinski definition) is 1. The zero-order valence-electron chi connectivity index (χ0n) is 13.4. The van der Waals surface area contributed by atoms with E-state index in [-0.39, 0.29) is 11.6 Å². The molecule has 2 aromatic rings. The van der Waals surface area contributed by atoms with Crippen LogP contribution in [0.5, 0.6) is 5.75 Å². The molecule has 23 heavy (non-hydrogen) atoms. The van der Waals surface area contributed by atoms with Gasteiger partial charge in [-0.25, -0.2) is 4.98 Å². The molecule has 1 aromatic heterocycles. The highest BCUT2D eigenvalue weighted by molar-refractivity contribution is 5.82. The van der Waals surface area contributed by atoms with E-state index in [9.17, 15) is 4.79 Å². The summed E-state index contributed by atoms with van der Waals surface area (Å²) in [7, 11) is 1.68. The Labute approximate surface area is 134 Å². The molecule has 1 unspecified atom stereocenters. The summed E-state index contributed by atoms with van der Waals surface area (Å²) in [5.74, 6) is 0.849. The Morgan fingerprint density at radius 3 is 2.87 bits per heavy atom. The first-order chi connectivity index (χ1) is 11.2. The largest absolute Gasteiger partial charge is 0.496 e. The number of hydrogen-bond acceptors (Lipinski definition) is 5. The van der Waals surface area contributed by atoms with Crippen molar-refractivity contribution in [3.63, 3.8) is 0 Å². The summed E-state index contributed by atoms with van der Waals surface area (Å²) in [6.45, 7) is 2.89. The van der Waals surface area contributed by atoms with Crippen molar-refractivity contribution < 1.29 is 4.74 Å². The van der Waals surface area contributed by atoms with E-state index in [1.165, 1.54) is 6.20 Å². The second kappa shape index (κ2) is 5.62. The lowest BCUT2D eigenvalue weighted by molar-refractivity contribution is 0.186. The molecule has 0 aliphatic carbocycles. The first-order valence-electron chi connectivity index (χ1n) is 8.22. The van der Waals surface area contributed by atoms with Gasteiger partial charge >= 0.3 is 0 Å². The van der Waals surface area contributed by atoms with Crippen LogP contribution in [-0.2, 0) is 6.42 Å². The van der Waals surface area contributed by atoms with Crippen LogP contribution in [0.25, 0.3) is 11.0 Å². The molecular weight excluding hydrogens is 292 g/mol. The predicted octanol–water partition coefficient (Wildman–Crippen LogP) is 0.925. The molecule has 2 aliphatic rings. The maximum absolute atomic E-state index is 12.4. The third-order valence-electron chi connectivity index (χ3n) is 5.14. The molecule has 0 bridgehead atoms. The first-order valence-corrected chi connectivity index (χ1v) is 8.22. The van der Waals surface area contributed by atoms with Gasteiger partial charge in [0, 0.05) is 24.6 Å². The quantitative estimate of drug-likeness (QED) is 0.912. The lowest BCUT2D eigenvalue weighted by Gasteiger charge is -2.32. The fourth-order valence-electron chi connectivity index (χ4n) is 3.93. The molecule has 1 aromatic carbocycles. The zero-order valence-corrected chi connectivity index (χ0v) is 13.4. The van der Waals surface area contributed by atoms with Crippen molar-refractivity contribution in [2.75, 3.05) is 26.7 Å². The standard InChI is InChI=1S/C17H22N4O2/c1-23-15-3-2-14-17-13(15)8-12(21(17)16(22)9-19-14)10-20-6-4-11(18)5-7-20/h2-3,9,11-12H,4-8,10,18H2,1H3. The number of ether oxygens (including phenoxy) is 1. The van der Waals surface area contributed by atoms with Gasteiger partial charge in [0.25, 0.3) is 5.56 Å². The number of nitrogens with zero attached hydrogens (tertiary/aromatic N) is 3. The van der Waals surface area contributed by atoms with E-state index in [0.717, 1.165) is 61.2 Å². The summed E-state index contributed by atoms with van der Waals surface area (Å²) in [4.78, 5) is 19.1. The highest BCUT2D eigenvalue weighted by Gasteiger charge is 2.30. The van der Waals surface area contributed by atoms with Gasteiger partial charge in [-0.2, -0.15) is 0 Å². The van der Waals surface area contributed by atoms with Gasteiger partial charge < -0.3 is 19.9 Å². The molecule has 0 amide bonds. The lowest BCUT2D eigenvalue weighted by atomic mass is 10.0. The number of benzene rings is 1. The number of nitrogens with two attached hydrogens (primary N) is 1. The molecule has 6 nitrogen and oxygen atoms in total. The van der Waals surface area contributed by atoms with Crippen LogP contribution in [0.4, 0.5) is 0 Å². The lowest BCUT2D eigenvalue weighted by Crippen LogP contribution is -2.42. The molecule has 1 fully saturated rings. The molecule has 2 aliphatic heterocycles. The van der Waals surface area contributed by atoms with Crippen molar-refractivity contribution in [3.8, 4) is 5.75 Å². The monoisotopic (exact) mass is 314 g/mol. The van der Waals surface area contributed by atoms with Crippen molar-refractivity contribution in [3.05, 3.63) is 34.2 Å². The van der Waals surface area contributed by atoms with Crippen LogP contribution in [0.1, 0.15) is 24.4 Å². The summed E-state index contributed by atoms with van der Waals surface area (Å²) >= 11 is 0. The third kappa shape index (κ3) is 2.42. The number of rotatable bonds is 3. The Morgan fingerprint density at radius 1 is 1.35 bits per heavy atom. The SMILES string of the molecule is COc1ccc2ncc(=O)n3c2c1CC3CN1CCC(N)CC1. The number of aromatic nitrogens is 2. The van der Waals surface area contributed by atoms with Gasteiger partial charge in [0.1, 0.15) is 5.75 Å². The molecule has 0 radical (unpaired) electrons. The molecule has 0 saturated carbocycles. The van der Waals surface area contributed by atoms with Crippen molar-refractivity contribution >= 4 is 11.0 Å². The van der Waals surface area contributed by atoms with Crippen LogP contribution in [-0.4, -0.2) is 47.2 Å². The minimum Gasteiger partial charge on any atom is -0.496 e. The first kappa shape index (κ1) is 14.7. The summed E-state index contributed by atoms with van der Waals surface area (Å²) in [6.07, 6.45) is 4.32. The molecular formula is C17H22N4O2. The van der Waals surface area contributed by atoms with Crippen LogP contribution in [0.3, 0.4) is 0 Å². The predicted molar refractivity (Wildman–Crippen MR) is 88.9 cm³/mol. The Kier molecular flexibility index (Phi) is 3.58. The van der Waals surface area contributed by atoms with Crippen LogP contribution in [0.2, 0.25) is 0 Å². The van der Waals surface area contributed by atoms with E-state index < -0.39 is 0 Å². The van der Waals surface area contributed by atoms with E-state index in [1.54, 1.807) is 7.11 Å². The van der Waals surface area contributed by atoms with Crippen molar-refractivity contribution in [1.82, 2.24) is 14.5 Å². The van der Waals surface area contributed by atoms with Crippen LogP contribution >= 0.6 is 0 Å². The van der Waals surface area contributed by atoms with Crippen molar-refractivity contribution in [2.45, 2.75) is 31.3 Å². The van der Waals surface area contributed by atoms with E-state index >= 15 is 0 Å². The molecule has 1 atom stereocenters. The van der Waals surface area contributed by atoms with Gasteiger partial charge in [0.2, 0.25) is 0 Å². The minimum absolute atomic E-state index is 0.0248. The van der Waals surface area contributed by atoms with Crippen LogP contribution in [0, 0.1) is 0 Å². The molecule has 122 valence electrons. The second-order valence-corrected chi connectivity index (χ2v) is 6.58. The van der Waals surface area contributed by atoms with Gasteiger partial charge in [-0.1, -0.05) is 0 Å². The molecule has 1 saturated heterocycles. The maximum Gasteiger partial charge on any atom is 0.269 e. The zero-order chi connectivity index (χ0) is 16.0. The van der Waals surface area contributed by atoms with Crippen LogP contribution < -0.4 is 16.0 Å². The molecule has 6 heteroatoms. The fraction of sp³-hybridized carbons (Fsp3) is 0.529. The average Bonchev–Trinajstić information content (AvgIpc) is 2.94. The highest BCUT2D eigenvalue weighted by Crippen LogP contribution is 2.36. The van der Waals surface area contributed by atoms with Gasteiger partial charge in [-0.15, -0.1) is 0 Å². The maximum atomic E-state index is 12.4. The Balaban J connectivity index is 1.71. The van der Waals surface area contributed by atoms with Crippen molar-refractivity contribution in [2.24, 2.45) is 5.73 Å². The Bertz CT molecular complexity index is 793. The summed E-state index contributed by atoms with van der Waals surface area (Å²) in [5.41, 5.74) is 8.88. The van der Waals surface area contributed by atoms with E-state index in [1.807, 2.05) is 16.7 Å². The van der Waals surface area contributed by atoms with Gasteiger partial charge in [-0.05, 0) is 38.1 Å². The summed E-state index contributed by atoms with van der Waals surface area (Å²) in [5, 5.41) is 0. The Hall–Kier alpha value is -1.92. The summed E-state index contributed by atoms with van der Waals surface area (Å²) < 4.78 is 7.41. The number of likely N-dealkylation sites (tertiary alicyclic amines) is 1. The van der Waals surface area contributed by atoms with E-state index in [4.69, 9.17) is 10.5 Å². The van der Waals surface area contributed by atoms with E-state index in [2.05, 4.69) is 9.88 Å². The number of methoxy groups -OCH3 is 1. The molecule has 0 spiro atoms. The van der Waals surface area contributed by atoms with Gasteiger partial charge in [-0.3, -0.25) is 4.79 Å². The normalized spacial score (nSPS) is 21.9. The minimum atomic E-state index is -0.0248. The third-order valence-corrected chi connectivity index (χ3v) is 5.14. The topological polar surface area (TPSA) is 73.4 Å². The second-order valence-electron chi connectivity index (χ2n) is 6.58. The highest BCUT2D eigenvalue weighted by atomic mass is 16.5.